The minimum absolute atomic E-state index is 0.378. The van der Waals surface area contributed by atoms with Gasteiger partial charge in [-0.05, 0) is 12.8 Å². The lowest BCUT2D eigenvalue weighted by Gasteiger charge is -2.02. The summed E-state index contributed by atoms with van der Waals surface area (Å²) in [6.45, 7) is -0.378. The van der Waals surface area contributed by atoms with Crippen molar-refractivity contribution in [3.8, 4) is 0 Å². The van der Waals surface area contributed by atoms with Crippen molar-refractivity contribution in [2.75, 3.05) is 12.4 Å². The van der Waals surface area contributed by atoms with Gasteiger partial charge in [0.05, 0.1) is 0 Å². The Balaban J connectivity index is 3.25. The zero-order valence-corrected chi connectivity index (χ0v) is 6.25. The first-order valence-corrected chi connectivity index (χ1v) is 3.56. The Hall–Kier alpha value is -0.350. The van der Waals surface area contributed by atoms with Gasteiger partial charge in [0, 0.05) is 10.8 Å². The Morgan fingerprint density at radius 3 is 2.70 bits per heavy atom. The Morgan fingerprint density at radius 2 is 2.30 bits per heavy atom. The SMILES string of the molecule is O=[N+]([O-])CC(O)CCCCl. The highest BCUT2D eigenvalue weighted by Crippen LogP contribution is 1.98. The molecule has 1 atom stereocenters. The van der Waals surface area contributed by atoms with Gasteiger partial charge in [0.2, 0.25) is 6.54 Å². The maximum Gasteiger partial charge on any atom is 0.229 e. The van der Waals surface area contributed by atoms with E-state index < -0.39 is 11.0 Å². The van der Waals surface area contributed by atoms with Crippen LogP contribution < -0.4 is 0 Å². The highest BCUT2D eigenvalue weighted by Gasteiger charge is 2.09. The summed E-state index contributed by atoms with van der Waals surface area (Å²) in [5.74, 6) is 0.439. The van der Waals surface area contributed by atoms with Crippen molar-refractivity contribution >= 4 is 11.6 Å². The number of aliphatic hydroxyl groups is 1. The predicted octanol–water partition coefficient (Wildman–Crippen LogP) is 0.643. The number of halogens is 1. The Bertz CT molecular complexity index is 109. The van der Waals surface area contributed by atoms with Crippen LogP contribution in [0.3, 0.4) is 0 Å². The molecule has 0 aliphatic heterocycles. The van der Waals surface area contributed by atoms with Gasteiger partial charge >= 0.3 is 0 Å². The average Bonchev–Trinajstić information content (AvgIpc) is 1.82. The van der Waals surface area contributed by atoms with Gasteiger partial charge in [0.15, 0.2) is 0 Å². The van der Waals surface area contributed by atoms with E-state index in [1.165, 1.54) is 0 Å². The van der Waals surface area contributed by atoms with Crippen LogP contribution in [0.25, 0.3) is 0 Å². The van der Waals surface area contributed by atoms with Crippen molar-refractivity contribution in [3.05, 3.63) is 10.1 Å². The van der Waals surface area contributed by atoms with Crippen LogP contribution in [0.4, 0.5) is 0 Å². The number of aliphatic hydroxyl groups excluding tert-OH is 1. The molecule has 0 aromatic heterocycles. The number of hydrogen-bond acceptors (Lipinski definition) is 3. The van der Waals surface area contributed by atoms with Crippen LogP contribution in [0.5, 0.6) is 0 Å². The van der Waals surface area contributed by atoms with Gasteiger partial charge in [-0.25, -0.2) is 0 Å². The molecule has 0 aromatic rings. The number of rotatable bonds is 5. The largest absolute Gasteiger partial charge is 0.386 e. The third kappa shape index (κ3) is 5.78. The van der Waals surface area contributed by atoms with E-state index in [9.17, 15) is 10.1 Å². The first kappa shape index (κ1) is 9.65. The Labute approximate surface area is 63.9 Å². The normalized spacial score (nSPS) is 13.0. The Kier molecular flexibility index (Phi) is 5.25. The molecule has 0 saturated heterocycles. The van der Waals surface area contributed by atoms with Crippen molar-refractivity contribution in [1.29, 1.82) is 0 Å². The van der Waals surface area contributed by atoms with E-state index in [0.717, 1.165) is 0 Å². The summed E-state index contributed by atoms with van der Waals surface area (Å²) in [4.78, 5) is 9.26. The summed E-state index contributed by atoms with van der Waals surface area (Å²) < 4.78 is 0. The molecule has 0 heterocycles. The average molecular weight is 168 g/mol. The molecule has 10 heavy (non-hydrogen) atoms. The van der Waals surface area contributed by atoms with Crippen molar-refractivity contribution in [2.24, 2.45) is 0 Å². The van der Waals surface area contributed by atoms with Gasteiger partial charge in [-0.15, -0.1) is 11.6 Å². The lowest BCUT2D eigenvalue weighted by atomic mass is 10.2. The highest BCUT2D eigenvalue weighted by atomic mass is 35.5. The van der Waals surface area contributed by atoms with Crippen LogP contribution in [0.1, 0.15) is 12.8 Å². The van der Waals surface area contributed by atoms with Crippen molar-refractivity contribution < 1.29 is 10.0 Å². The van der Waals surface area contributed by atoms with Gasteiger partial charge in [0.25, 0.3) is 0 Å². The van der Waals surface area contributed by atoms with E-state index in [1.54, 1.807) is 0 Å². The smallest absolute Gasteiger partial charge is 0.229 e. The van der Waals surface area contributed by atoms with Crippen molar-refractivity contribution in [2.45, 2.75) is 18.9 Å². The number of alkyl halides is 1. The molecule has 1 N–H and O–H groups in total. The van der Waals surface area contributed by atoms with Crippen LogP contribution in [0.15, 0.2) is 0 Å². The van der Waals surface area contributed by atoms with Gasteiger partial charge in [-0.2, -0.15) is 0 Å². The molecule has 0 saturated carbocycles. The molecule has 5 heteroatoms. The standard InChI is InChI=1S/C5H10ClNO3/c6-3-1-2-5(8)4-7(9)10/h5,8H,1-4H2. The molecule has 0 radical (unpaired) electrons. The van der Waals surface area contributed by atoms with E-state index in [1.807, 2.05) is 0 Å². The van der Waals surface area contributed by atoms with Gasteiger partial charge in [-0.1, -0.05) is 0 Å². The molecule has 0 aromatic carbocycles. The molecule has 0 aliphatic rings. The van der Waals surface area contributed by atoms with Gasteiger partial charge < -0.3 is 5.11 Å². The first-order valence-electron chi connectivity index (χ1n) is 3.02. The fraction of sp³-hybridized carbons (Fsp3) is 1.00. The fourth-order valence-electron chi connectivity index (χ4n) is 0.576. The summed E-state index contributed by atoms with van der Waals surface area (Å²) in [6.07, 6.45) is 0.190. The van der Waals surface area contributed by atoms with Gasteiger partial charge in [0.1, 0.15) is 6.10 Å². The van der Waals surface area contributed by atoms with Crippen LogP contribution in [0, 0.1) is 10.1 Å². The van der Waals surface area contributed by atoms with Crippen LogP contribution in [-0.4, -0.2) is 28.6 Å². The predicted molar refractivity (Wildman–Crippen MR) is 37.8 cm³/mol. The zero-order valence-electron chi connectivity index (χ0n) is 5.49. The monoisotopic (exact) mass is 167 g/mol. The Morgan fingerprint density at radius 1 is 1.70 bits per heavy atom. The molecule has 0 fully saturated rings. The van der Waals surface area contributed by atoms with Crippen LogP contribution in [-0.2, 0) is 0 Å². The van der Waals surface area contributed by atoms with E-state index in [4.69, 9.17) is 16.7 Å². The second-order valence-corrected chi connectivity index (χ2v) is 2.38. The summed E-state index contributed by atoms with van der Waals surface area (Å²) in [5.41, 5.74) is 0. The molecular weight excluding hydrogens is 158 g/mol. The quantitative estimate of drug-likeness (QED) is 0.371. The molecule has 0 bridgehead atoms. The lowest BCUT2D eigenvalue weighted by Crippen LogP contribution is -2.19. The number of hydrogen-bond donors (Lipinski definition) is 1. The second-order valence-electron chi connectivity index (χ2n) is 2.00. The number of nitro groups is 1. The molecule has 0 aliphatic carbocycles. The summed E-state index contributed by atoms with van der Waals surface area (Å²) in [7, 11) is 0. The molecule has 0 rings (SSSR count). The molecular formula is C5H10ClNO3. The first-order chi connectivity index (χ1) is 4.66. The minimum atomic E-state index is -0.839. The molecule has 60 valence electrons. The van der Waals surface area contributed by atoms with E-state index >= 15 is 0 Å². The summed E-state index contributed by atoms with van der Waals surface area (Å²) in [5, 5.41) is 18.6. The fourth-order valence-corrected chi connectivity index (χ4v) is 0.730. The second kappa shape index (κ2) is 5.44. The van der Waals surface area contributed by atoms with Crippen LogP contribution in [0.2, 0.25) is 0 Å². The van der Waals surface area contributed by atoms with E-state index in [2.05, 4.69) is 0 Å². The summed E-state index contributed by atoms with van der Waals surface area (Å²) in [6, 6.07) is 0. The van der Waals surface area contributed by atoms with E-state index in [0.29, 0.717) is 18.7 Å². The molecule has 0 amide bonds. The molecule has 4 nitrogen and oxygen atoms in total. The highest BCUT2D eigenvalue weighted by molar-refractivity contribution is 6.17. The van der Waals surface area contributed by atoms with Gasteiger partial charge in [-0.3, -0.25) is 10.1 Å². The maximum absolute atomic E-state index is 9.79. The third-order valence-corrected chi connectivity index (χ3v) is 1.30. The maximum atomic E-state index is 9.79. The molecule has 1 unspecified atom stereocenters. The zero-order chi connectivity index (χ0) is 7.98. The topological polar surface area (TPSA) is 63.4 Å². The summed E-state index contributed by atoms with van der Waals surface area (Å²) >= 11 is 5.30. The molecule has 0 spiro atoms. The van der Waals surface area contributed by atoms with E-state index in [-0.39, 0.29) is 6.54 Å². The third-order valence-electron chi connectivity index (χ3n) is 1.03. The minimum Gasteiger partial charge on any atom is -0.386 e. The van der Waals surface area contributed by atoms with Crippen molar-refractivity contribution in [3.63, 3.8) is 0 Å². The lowest BCUT2D eigenvalue weighted by molar-refractivity contribution is -0.490. The van der Waals surface area contributed by atoms with Crippen LogP contribution >= 0.6 is 11.6 Å². The van der Waals surface area contributed by atoms with Crippen molar-refractivity contribution in [1.82, 2.24) is 0 Å². The number of nitrogens with zero attached hydrogens (tertiary/aromatic N) is 1.